The minimum Gasteiger partial charge on any atom is -0.370 e. The van der Waals surface area contributed by atoms with Gasteiger partial charge in [0.1, 0.15) is 0 Å². The van der Waals surface area contributed by atoms with Crippen LogP contribution in [-0.2, 0) is 6.42 Å². The summed E-state index contributed by atoms with van der Waals surface area (Å²) < 4.78 is 0. The van der Waals surface area contributed by atoms with E-state index in [0.29, 0.717) is 6.04 Å². The molecular formula is C14H22N2S. The van der Waals surface area contributed by atoms with Crippen molar-refractivity contribution >= 4 is 17.4 Å². The summed E-state index contributed by atoms with van der Waals surface area (Å²) in [5.41, 5.74) is 8.54. The number of anilines is 1. The van der Waals surface area contributed by atoms with E-state index < -0.39 is 0 Å². The first-order valence-corrected chi connectivity index (χ1v) is 7.44. The minimum absolute atomic E-state index is 0.642. The van der Waals surface area contributed by atoms with Gasteiger partial charge in [-0.25, -0.2) is 0 Å². The van der Waals surface area contributed by atoms with Crippen molar-refractivity contribution in [3.05, 3.63) is 23.8 Å². The maximum atomic E-state index is 5.62. The third kappa shape index (κ3) is 2.61. The molecule has 0 amide bonds. The Bertz CT molecular complexity index is 364. The maximum absolute atomic E-state index is 5.62. The first kappa shape index (κ1) is 12.8. The van der Waals surface area contributed by atoms with E-state index in [4.69, 9.17) is 5.73 Å². The zero-order valence-electron chi connectivity index (χ0n) is 10.8. The summed E-state index contributed by atoms with van der Waals surface area (Å²) >= 11 is 2.00. The Kier molecular flexibility index (Phi) is 4.35. The van der Waals surface area contributed by atoms with Crippen molar-refractivity contribution in [1.29, 1.82) is 0 Å². The molecule has 94 valence electrons. The van der Waals surface area contributed by atoms with Crippen molar-refractivity contribution in [2.75, 3.05) is 24.2 Å². The highest BCUT2D eigenvalue weighted by Crippen LogP contribution is 2.40. The molecule has 0 saturated carbocycles. The first-order valence-electron chi connectivity index (χ1n) is 6.45. The van der Waals surface area contributed by atoms with E-state index >= 15 is 0 Å². The number of rotatable bonds is 4. The van der Waals surface area contributed by atoms with E-state index in [1.54, 1.807) is 0 Å². The Hall–Kier alpha value is -0.670. The SMILES string of the molecule is CCc1cccc2c1N(C)C(CCCN)CS2. The Morgan fingerprint density at radius 1 is 1.47 bits per heavy atom. The molecule has 1 aromatic carbocycles. The van der Waals surface area contributed by atoms with Gasteiger partial charge in [0.15, 0.2) is 0 Å². The van der Waals surface area contributed by atoms with E-state index in [1.807, 2.05) is 11.8 Å². The Morgan fingerprint density at radius 2 is 2.29 bits per heavy atom. The fourth-order valence-electron chi connectivity index (χ4n) is 2.48. The average Bonchev–Trinajstić information content (AvgIpc) is 2.37. The van der Waals surface area contributed by atoms with Crippen LogP contribution in [0.3, 0.4) is 0 Å². The van der Waals surface area contributed by atoms with Crippen LogP contribution in [0, 0.1) is 0 Å². The fraction of sp³-hybridized carbons (Fsp3) is 0.571. The summed E-state index contributed by atoms with van der Waals surface area (Å²) in [4.78, 5) is 3.91. The normalized spacial score (nSPS) is 19.2. The lowest BCUT2D eigenvalue weighted by molar-refractivity contribution is 0.597. The van der Waals surface area contributed by atoms with Gasteiger partial charge in [-0.3, -0.25) is 0 Å². The molecule has 2 rings (SSSR count). The molecule has 0 bridgehead atoms. The number of para-hydroxylation sites is 1. The predicted octanol–water partition coefficient (Wildman–Crippen LogP) is 2.90. The highest BCUT2D eigenvalue weighted by molar-refractivity contribution is 7.99. The van der Waals surface area contributed by atoms with E-state index in [-0.39, 0.29) is 0 Å². The summed E-state index contributed by atoms with van der Waals surface area (Å²) in [5.74, 6) is 1.19. The smallest absolute Gasteiger partial charge is 0.0537 e. The largest absolute Gasteiger partial charge is 0.370 e. The van der Waals surface area contributed by atoms with Gasteiger partial charge >= 0.3 is 0 Å². The monoisotopic (exact) mass is 250 g/mol. The van der Waals surface area contributed by atoms with Gasteiger partial charge < -0.3 is 10.6 Å². The quantitative estimate of drug-likeness (QED) is 0.891. The van der Waals surface area contributed by atoms with Crippen LogP contribution >= 0.6 is 11.8 Å². The molecule has 3 heteroatoms. The van der Waals surface area contributed by atoms with Crippen LogP contribution in [0.25, 0.3) is 0 Å². The molecule has 0 aromatic heterocycles. The molecule has 0 aliphatic carbocycles. The number of hydrogen-bond acceptors (Lipinski definition) is 3. The number of aryl methyl sites for hydroxylation is 1. The molecule has 0 saturated heterocycles. The third-order valence-electron chi connectivity index (χ3n) is 3.54. The molecule has 2 N–H and O–H groups in total. The second-order valence-electron chi connectivity index (χ2n) is 4.62. The number of nitrogens with two attached hydrogens (primary N) is 1. The van der Waals surface area contributed by atoms with Crippen molar-refractivity contribution in [3.8, 4) is 0 Å². The first-order chi connectivity index (χ1) is 8.27. The van der Waals surface area contributed by atoms with E-state index in [0.717, 1.165) is 19.4 Å². The summed E-state index contributed by atoms with van der Waals surface area (Å²) in [5, 5.41) is 0. The number of benzene rings is 1. The number of thioether (sulfide) groups is 1. The lowest BCUT2D eigenvalue weighted by Gasteiger charge is -2.37. The van der Waals surface area contributed by atoms with Crippen LogP contribution < -0.4 is 10.6 Å². The van der Waals surface area contributed by atoms with Gasteiger partial charge in [0.25, 0.3) is 0 Å². The molecule has 1 aromatic rings. The van der Waals surface area contributed by atoms with Gasteiger partial charge in [0.05, 0.1) is 5.69 Å². The van der Waals surface area contributed by atoms with Crippen molar-refractivity contribution in [2.45, 2.75) is 37.1 Å². The Balaban J connectivity index is 2.24. The maximum Gasteiger partial charge on any atom is 0.0537 e. The van der Waals surface area contributed by atoms with Crippen molar-refractivity contribution in [3.63, 3.8) is 0 Å². The van der Waals surface area contributed by atoms with Crippen LogP contribution in [0.4, 0.5) is 5.69 Å². The van der Waals surface area contributed by atoms with Gasteiger partial charge in [-0.05, 0) is 37.4 Å². The van der Waals surface area contributed by atoms with Gasteiger partial charge in [-0.1, -0.05) is 19.1 Å². The molecule has 1 atom stereocenters. The van der Waals surface area contributed by atoms with Crippen LogP contribution in [0.5, 0.6) is 0 Å². The Morgan fingerprint density at radius 3 is 3.00 bits per heavy atom. The van der Waals surface area contributed by atoms with Gasteiger partial charge in [-0.15, -0.1) is 11.8 Å². The van der Waals surface area contributed by atoms with Crippen LogP contribution in [0.2, 0.25) is 0 Å². The summed E-state index contributed by atoms with van der Waals surface area (Å²) in [6.07, 6.45) is 3.44. The zero-order chi connectivity index (χ0) is 12.3. The number of nitrogens with zero attached hydrogens (tertiary/aromatic N) is 1. The molecular weight excluding hydrogens is 228 g/mol. The molecule has 1 heterocycles. The van der Waals surface area contributed by atoms with Crippen LogP contribution in [0.15, 0.2) is 23.1 Å². The molecule has 0 fully saturated rings. The molecule has 1 unspecified atom stereocenters. The van der Waals surface area contributed by atoms with Gasteiger partial charge in [0.2, 0.25) is 0 Å². The van der Waals surface area contributed by atoms with Gasteiger partial charge in [-0.2, -0.15) is 0 Å². The zero-order valence-corrected chi connectivity index (χ0v) is 11.6. The number of fused-ring (bicyclic) bond motifs is 1. The Labute approximate surface area is 109 Å². The summed E-state index contributed by atoms with van der Waals surface area (Å²) in [6, 6.07) is 7.32. The van der Waals surface area contributed by atoms with Crippen LogP contribution in [0.1, 0.15) is 25.3 Å². The highest BCUT2D eigenvalue weighted by atomic mass is 32.2. The molecule has 2 nitrogen and oxygen atoms in total. The topological polar surface area (TPSA) is 29.3 Å². The molecule has 0 spiro atoms. The van der Waals surface area contributed by atoms with E-state index in [1.165, 1.54) is 28.3 Å². The summed E-state index contributed by atoms with van der Waals surface area (Å²) in [7, 11) is 2.24. The lowest BCUT2D eigenvalue weighted by atomic mass is 10.1. The average molecular weight is 250 g/mol. The standard InChI is InChI=1S/C14H22N2S/c1-3-11-6-4-8-13-14(11)16(2)12(10-17-13)7-5-9-15/h4,6,8,12H,3,5,7,9-10,15H2,1-2H3. The number of hydrogen-bond donors (Lipinski definition) is 1. The van der Waals surface area contributed by atoms with Crippen molar-refractivity contribution in [2.24, 2.45) is 5.73 Å². The molecule has 1 aliphatic heterocycles. The van der Waals surface area contributed by atoms with Crippen molar-refractivity contribution in [1.82, 2.24) is 0 Å². The fourth-order valence-corrected chi connectivity index (χ4v) is 3.83. The van der Waals surface area contributed by atoms with E-state index in [9.17, 15) is 0 Å². The second kappa shape index (κ2) is 5.78. The van der Waals surface area contributed by atoms with Gasteiger partial charge in [0, 0.05) is 23.7 Å². The summed E-state index contributed by atoms with van der Waals surface area (Å²) in [6.45, 7) is 3.04. The van der Waals surface area contributed by atoms with Crippen LogP contribution in [-0.4, -0.2) is 25.4 Å². The second-order valence-corrected chi connectivity index (χ2v) is 5.69. The minimum atomic E-state index is 0.642. The van der Waals surface area contributed by atoms with E-state index in [2.05, 4.69) is 37.1 Å². The predicted molar refractivity (Wildman–Crippen MR) is 77.0 cm³/mol. The highest BCUT2D eigenvalue weighted by Gasteiger charge is 2.24. The molecule has 17 heavy (non-hydrogen) atoms. The molecule has 0 radical (unpaired) electrons. The lowest BCUT2D eigenvalue weighted by Crippen LogP contribution is -2.37. The molecule has 1 aliphatic rings. The third-order valence-corrected chi connectivity index (χ3v) is 4.73. The van der Waals surface area contributed by atoms with Crippen molar-refractivity contribution < 1.29 is 0 Å².